The SMILES string of the molecule is [2H]C([2H])([2H])C(NCC(O)COc1cccc2c1CCC(=O)N2)(C([2H])([2H])[2H])C([2H])([2H])[2H]. The molecule has 1 aromatic rings. The Morgan fingerprint density at radius 1 is 1.48 bits per heavy atom. The Bertz CT molecular complexity index is 739. The molecule has 1 heterocycles. The van der Waals surface area contributed by atoms with E-state index in [1.54, 1.807) is 18.2 Å². The summed E-state index contributed by atoms with van der Waals surface area (Å²) in [6, 6.07) is 4.98. The van der Waals surface area contributed by atoms with E-state index in [4.69, 9.17) is 17.1 Å². The summed E-state index contributed by atoms with van der Waals surface area (Å²) in [6.45, 7) is -11.2. The van der Waals surface area contributed by atoms with E-state index >= 15 is 0 Å². The zero-order valence-corrected chi connectivity index (χ0v) is 11.4. The number of hydrogen-bond acceptors (Lipinski definition) is 4. The van der Waals surface area contributed by atoms with E-state index in [2.05, 4.69) is 10.6 Å². The monoisotopic (exact) mass is 301 g/mol. The van der Waals surface area contributed by atoms with Crippen molar-refractivity contribution in [1.82, 2.24) is 5.32 Å². The number of hydrogen-bond donors (Lipinski definition) is 3. The van der Waals surface area contributed by atoms with Gasteiger partial charge in [0.15, 0.2) is 0 Å². The van der Waals surface area contributed by atoms with E-state index in [1.165, 1.54) is 0 Å². The van der Waals surface area contributed by atoms with Gasteiger partial charge in [-0.2, -0.15) is 0 Å². The highest BCUT2D eigenvalue weighted by Gasteiger charge is 2.19. The van der Waals surface area contributed by atoms with Crippen LogP contribution in [0.5, 0.6) is 5.75 Å². The number of fused-ring (bicyclic) bond motifs is 1. The lowest BCUT2D eigenvalue weighted by Gasteiger charge is -2.24. The van der Waals surface area contributed by atoms with Crippen LogP contribution in [0.4, 0.5) is 5.69 Å². The highest BCUT2D eigenvalue weighted by Crippen LogP contribution is 2.31. The molecule has 5 heteroatoms. The number of amides is 1. The molecule has 1 amide bonds. The minimum atomic E-state index is -3.40. The van der Waals surface area contributed by atoms with Gasteiger partial charge in [-0.15, -0.1) is 0 Å². The third-order valence-electron chi connectivity index (χ3n) is 3.04. The molecule has 21 heavy (non-hydrogen) atoms. The number of carbonyl (C=O) groups excluding carboxylic acids is 1. The van der Waals surface area contributed by atoms with Crippen molar-refractivity contribution < 1.29 is 27.0 Å². The molecule has 1 aliphatic rings. The van der Waals surface area contributed by atoms with Crippen LogP contribution in [0.1, 0.15) is 44.9 Å². The number of ether oxygens (including phenoxy) is 1. The second-order valence-corrected chi connectivity index (χ2v) is 4.93. The fraction of sp³-hybridized carbons (Fsp3) is 0.562. The summed E-state index contributed by atoms with van der Waals surface area (Å²) in [7, 11) is 0. The number of anilines is 1. The average Bonchev–Trinajstić information content (AvgIpc) is 2.56. The number of benzene rings is 1. The van der Waals surface area contributed by atoms with Gasteiger partial charge in [-0.3, -0.25) is 4.79 Å². The van der Waals surface area contributed by atoms with Crippen LogP contribution in [-0.2, 0) is 11.2 Å². The predicted octanol–water partition coefficient (Wildman–Crippen LogP) is 1.70. The van der Waals surface area contributed by atoms with Crippen LogP contribution >= 0.6 is 0 Å². The molecule has 0 bridgehead atoms. The molecule has 0 radical (unpaired) electrons. The maximum absolute atomic E-state index is 11.5. The first kappa shape index (κ1) is 7.61. The van der Waals surface area contributed by atoms with Gasteiger partial charge >= 0.3 is 0 Å². The molecule has 5 nitrogen and oxygen atoms in total. The number of nitrogens with one attached hydrogen (secondary N) is 2. The van der Waals surface area contributed by atoms with Gasteiger partial charge in [0.05, 0.1) is 0 Å². The van der Waals surface area contributed by atoms with Crippen LogP contribution in [0.2, 0.25) is 0 Å². The molecule has 0 saturated heterocycles. The van der Waals surface area contributed by atoms with Gasteiger partial charge in [-0.05, 0) is 39.1 Å². The molecule has 2 rings (SSSR count). The standard InChI is InChI=1S/C16H24N2O3/c1-16(2,3)17-9-11(19)10-21-14-6-4-5-13-12(14)7-8-15(20)18-13/h4-6,11,17,19H,7-10H2,1-3H3,(H,18,20)/i1D3,2D3,3D3. The molecule has 116 valence electrons. The number of carbonyl (C=O) groups is 1. The quantitative estimate of drug-likeness (QED) is 0.774. The number of aliphatic hydroxyl groups excluding tert-OH is 1. The van der Waals surface area contributed by atoms with Gasteiger partial charge in [-0.25, -0.2) is 0 Å². The van der Waals surface area contributed by atoms with Gasteiger partial charge < -0.3 is 20.5 Å². The highest BCUT2D eigenvalue weighted by atomic mass is 16.5. The van der Waals surface area contributed by atoms with Crippen LogP contribution in [-0.4, -0.2) is 35.8 Å². The van der Waals surface area contributed by atoms with Crippen molar-refractivity contribution in [3.05, 3.63) is 23.8 Å². The fourth-order valence-electron chi connectivity index (χ4n) is 2.04. The van der Waals surface area contributed by atoms with Gasteiger partial charge in [0.2, 0.25) is 5.91 Å². The van der Waals surface area contributed by atoms with E-state index in [1.807, 2.05) is 0 Å². The van der Waals surface area contributed by atoms with Gasteiger partial charge in [-0.1, -0.05) is 6.07 Å². The normalized spacial score (nSPS) is 24.2. The largest absolute Gasteiger partial charge is 0.490 e. The van der Waals surface area contributed by atoms with Crippen molar-refractivity contribution >= 4 is 11.6 Å². The predicted molar refractivity (Wildman–Crippen MR) is 82.7 cm³/mol. The summed E-state index contributed by atoms with van der Waals surface area (Å²) in [5, 5.41) is 15.0. The third-order valence-corrected chi connectivity index (χ3v) is 3.04. The molecule has 1 atom stereocenters. The Morgan fingerprint density at radius 3 is 3.05 bits per heavy atom. The van der Waals surface area contributed by atoms with Gasteiger partial charge in [0.25, 0.3) is 0 Å². The second kappa shape index (κ2) is 6.45. The molecule has 0 spiro atoms. The lowest BCUT2D eigenvalue weighted by Crippen LogP contribution is -2.42. The third kappa shape index (κ3) is 4.72. The van der Waals surface area contributed by atoms with Gasteiger partial charge in [0, 0.05) is 42.1 Å². The van der Waals surface area contributed by atoms with Crippen LogP contribution in [0.3, 0.4) is 0 Å². The Labute approximate surface area is 138 Å². The van der Waals surface area contributed by atoms with E-state index < -0.39 is 38.7 Å². The number of aliphatic hydroxyl groups is 1. The minimum absolute atomic E-state index is 0.126. The van der Waals surface area contributed by atoms with Crippen LogP contribution in [0.25, 0.3) is 0 Å². The fourth-order valence-corrected chi connectivity index (χ4v) is 2.04. The second-order valence-electron chi connectivity index (χ2n) is 4.93. The average molecular weight is 301 g/mol. The molecule has 1 aromatic carbocycles. The Morgan fingerprint density at radius 2 is 2.29 bits per heavy atom. The Kier molecular flexibility index (Phi) is 2.34. The smallest absolute Gasteiger partial charge is 0.224 e. The van der Waals surface area contributed by atoms with Crippen molar-refractivity contribution in [1.29, 1.82) is 0 Å². The van der Waals surface area contributed by atoms with Crippen molar-refractivity contribution in [3.8, 4) is 5.75 Å². The summed E-state index contributed by atoms with van der Waals surface area (Å²) in [5.41, 5.74) is -1.90. The van der Waals surface area contributed by atoms with Crippen molar-refractivity contribution in [2.75, 3.05) is 18.5 Å². The first-order chi connectivity index (χ1) is 13.6. The van der Waals surface area contributed by atoms with E-state index in [0.717, 1.165) is 5.56 Å². The molecule has 0 aliphatic carbocycles. The first-order valence-corrected chi connectivity index (χ1v) is 6.58. The maximum atomic E-state index is 11.5. The van der Waals surface area contributed by atoms with Crippen LogP contribution < -0.4 is 15.4 Å². The Hall–Kier alpha value is -1.59. The van der Waals surface area contributed by atoms with Crippen molar-refractivity contribution in [3.63, 3.8) is 0 Å². The molecule has 0 aromatic heterocycles. The number of β-amino-alcohol motifs (C(OH)–C–C–N with tert-alkyl or cyclic N) is 1. The summed E-state index contributed by atoms with van der Waals surface area (Å²) in [6.07, 6.45) is -0.688. The summed E-state index contributed by atoms with van der Waals surface area (Å²) >= 11 is 0. The summed E-state index contributed by atoms with van der Waals surface area (Å²) in [4.78, 5) is 11.5. The highest BCUT2D eigenvalue weighted by molar-refractivity contribution is 5.94. The topological polar surface area (TPSA) is 70.6 Å². The van der Waals surface area contributed by atoms with Crippen LogP contribution in [0.15, 0.2) is 18.2 Å². The maximum Gasteiger partial charge on any atom is 0.224 e. The van der Waals surface area contributed by atoms with E-state index in [0.29, 0.717) is 17.9 Å². The molecular weight excluding hydrogens is 268 g/mol. The van der Waals surface area contributed by atoms with Gasteiger partial charge in [0.1, 0.15) is 18.5 Å². The Balaban J connectivity index is 2.12. The molecule has 0 fully saturated rings. The molecule has 0 saturated carbocycles. The molecule has 3 N–H and O–H groups in total. The lowest BCUT2D eigenvalue weighted by atomic mass is 10.0. The summed E-state index contributed by atoms with van der Waals surface area (Å²) in [5.74, 6) is 0.277. The summed E-state index contributed by atoms with van der Waals surface area (Å²) < 4.78 is 73.5. The first-order valence-electron chi connectivity index (χ1n) is 11.1. The van der Waals surface area contributed by atoms with E-state index in [9.17, 15) is 9.90 Å². The van der Waals surface area contributed by atoms with Crippen molar-refractivity contribution in [2.24, 2.45) is 0 Å². The zero-order valence-electron chi connectivity index (χ0n) is 20.4. The molecule has 1 aliphatic heterocycles. The minimum Gasteiger partial charge on any atom is -0.490 e. The van der Waals surface area contributed by atoms with Crippen LogP contribution in [0, 0.1) is 0 Å². The lowest BCUT2D eigenvalue weighted by molar-refractivity contribution is -0.116. The van der Waals surface area contributed by atoms with Crippen molar-refractivity contribution in [2.45, 2.75) is 45.0 Å². The van der Waals surface area contributed by atoms with E-state index in [-0.39, 0.29) is 18.9 Å². The zero-order chi connectivity index (χ0) is 23.0. The number of rotatable bonds is 5. The molecular formula is C16H24N2O3. The molecule has 1 unspecified atom stereocenters.